The summed E-state index contributed by atoms with van der Waals surface area (Å²) in [6.07, 6.45) is 1.39. The fraction of sp³-hybridized carbons (Fsp3) is 0.357. The number of hydrogen-bond acceptors (Lipinski definition) is 8. The van der Waals surface area contributed by atoms with Crippen LogP contribution in [0.4, 0.5) is 5.82 Å². The van der Waals surface area contributed by atoms with Crippen molar-refractivity contribution in [2.24, 2.45) is 0 Å². The molecular weight excluding hydrogens is 302 g/mol. The molecule has 9 heteroatoms. The fourth-order valence-corrected chi connectivity index (χ4v) is 2.69. The molecule has 2 aromatic heterocycles. The second kappa shape index (κ2) is 5.94. The number of nitrogen functional groups attached to an aromatic ring is 1. The van der Waals surface area contributed by atoms with Gasteiger partial charge in [0, 0.05) is 17.8 Å². The smallest absolute Gasteiger partial charge is 0.164 e. The second-order valence-electron chi connectivity index (χ2n) is 5.14. The first-order valence-electron chi connectivity index (χ1n) is 6.88. The van der Waals surface area contributed by atoms with Crippen molar-refractivity contribution in [2.75, 3.05) is 12.3 Å². The largest absolute Gasteiger partial charge is 0.394 e. The van der Waals surface area contributed by atoms with Crippen LogP contribution < -0.4 is 5.73 Å². The van der Waals surface area contributed by atoms with Crippen molar-refractivity contribution in [1.29, 1.82) is 5.26 Å². The van der Waals surface area contributed by atoms with Crippen LogP contribution in [0, 0.1) is 11.3 Å². The highest BCUT2D eigenvalue weighted by molar-refractivity contribution is 5.94. The van der Waals surface area contributed by atoms with Gasteiger partial charge in [0.05, 0.1) is 18.1 Å². The Bertz CT molecular complexity index is 796. The first-order chi connectivity index (χ1) is 11.1. The molecule has 0 amide bonds. The molecular formula is C14H15N5O4. The van der Waals surface area contributed by atoms with Crippen molar-refractivity contribution in [1.82, 2.24) is 14.5 Å². The Labute approximate surface area is 130 Å². The Hall–Kier alpha value is -2.51. The van der Waals surface area contributed by atoms with Crippen LogP contribution in [0.2, 0.25) is 0 Å². The quantitative estimate of drug-likeness (QED) is 0.535. The number of nitrogens with zero attached hydrogens (tertiary/aromatic N) is 4. The summed E-state index contributed by atoms with van der Waals surface area (Å²) in [7, 11) is 0. The number of aliphatic hydroxyl groups excluding tert-OH is 3. The highest BCUT2D eigenvalue weighted by Crippen LogP contribution is 2.34. The second-order valence-corrected chi connectivity index (χ2v) is 5.14. The summed E-state index contributed by atoms with van der Waals surface area (Å²) in [5, 5.41) is 38.5. The minimum atomic E-state index is -1.24. The van der Waals surface area contributed by atoms with Crippen LogP contribution in [0.1, 0.15) is 11.8 Å². The van der Waals surface area contributed by atoms with E-state index in [1.165, 1.54) is 17.0 Å². The van der Waals surface area contributed by atoms with Crippen LogP contribution in [0.25, 0.3) is 17.1 Å². The highest BCUT2D eigenvalue weighted by atomic mass is 16.6. The van der Waals surface area contributed by atoms with Gasteiger partial charge in [0.25, 0.3) is 0 Å². The number of allylic oxidation sites excluding steroid dienone is 1. The molecule has 1 aliphatic heterocycles. The summed E-state index contributed by atoms with van der Waals surface area (Å²) in [5.74, 6) is 0.220. The lowest BCUT2D eigenvalue weighted by atomic mass is 10.1. The van der Waals surface area contributed by atoms with Crippen LogP contribution in [0.3, 0.4) is 0 Å². The van der Waals surface area contributed by atoms with Gasteiger partial charge in [0.2, 0.25) is 0 Å². The van der Waals surface area contributed by atoms with Crippen molar-refractivity contribution in [3.63, 3.8) is 0 Å². The molecule has 9 nitrogen and oxygen atoms in total. The van der Waals surface area contributed by atoms with Crippen LogP contribution in [0.5, 0.6) is 0 Å². The Morgan fingerprint density at radius 1 is 1.39 bits per heavy atom. The summed E-state index contributed by atoms with van der Waals surface area (Å²) in [6.45, 7) is -0.424. The molecule has 1 saturated heterocycles. The van der Waals surface area contributed by atoms with E-state index in [-0.39, 0.29) is 5.82 Å². The summed E-state index contributed by atoms with van der Waals surface area (Å²) >= 11 is 0. The minimum absolute atomic E-state index is 0.220. The fourth-order valence-electron chi connectivity index (χ4n) is 2.69. The van der Waals surface area contributed by atoms with Gasteiger partial charge in [0.15, 0.2) is 6.23 Å². The number of nitrogens with two attached hydrogens (primary N) is 1. The Morgan fingerprint density at radius 3 is 2.83 bits per heavy atom. The van der Waals surface area contributed by atoms with Crippen LogP contribution in [-0.2, 0) is 4.74 Å². The zero-order valence-electron chi connectivity index (χ0n) is 11.9. The van der Waals surface area contributed by atoms with Gasteiger partial charge in [0.1, 0.15) is 36.1 Å². The van der Waals surface area contributed by atoms with E-state index in [1.54, 1.807) is 12.3 Å². The van der Waals surface area contributed by atoms with E-state index >= 15 is 0 Å². The Balaban J connectivity index is 2.14. The van der Waals surface area contributed by atoms with E-state index in [9.17, 15) is 15.3 Å². The minimum Gasteiger partial charge on any atom is -0.394 e. The SMILES string of the molecule is N#C/C=C/c1cn(C2O[C@H](CO)[C@@H](O)[C@H]2O)c2ncnc(N)c12. The molecule has 1 unspecified atom stereocenters. The van der Waals surface area contributed by atoms with Crippen molar-refractivity contribution in [3.05, 3.63) is 24.2 Å². The van der Waals surface area contributed by atoms with Crippen LogP contribution >= 0.6 is 0 Å². The van der Waals surface area contributed by atoms with E-state index in [1.807, 2.05) is 6.07 Å². The molecule has 3 heterocycles. The van der Waals surface area contributed by atoms with Gasteiger partial charge in [-0.25, -0.2) is 9.97 Å². The lowest BCUT2D eigenvalue weighted by molar-refractivity contribution is -0.0508. The lowest BCUT2D eigenvalue weighted by Crippen LogP contribution is -2.33. The molecule has 5 N–H and O–H groups in total. The van der Waals surface area contributed by atoms with Crippen molar-refractivity contribution in [3.8, 4) is 6.07 Å². The molecule has 1 fully saturated rings. The molecule has 0 radical (unpaired) electrons. The summed E-state index contributed by atoms with van der Waals surface area (Å²) in [6, 6.07) is 1.89. The van der Waals surface area contributed by atoms with Gasteiger partial charge in [-0.1, -0.05) is 0 Å². The summed E-state index contributed by atoms with van der Waals surface area (Å²) in [4.78, 5) is 8.07. The van der Waals surface area contributed by atoms with Gasteiger partial charge in [-0.05, 0) is 6.08 Å². The van der Waals surface area contributed by atoms with Gasteiger partial charge in [-0.3, -0.25) is 0 Å². The van der Waals surface area contributed by atoms with E-state index in [0.29, 0.717) is 16.6 Å². The number of fused-ring (bicyclic) bond motifs is 1. The molecule has 0 bridgehead atoms. The molecule has 3 rings (SSSR count). The van der Waals surface area contributed by atoms with Crippen molar-refractivity contribution >= 4 is 22.9 Å². The zero-order chi connectivity index (χ0) is 16.6. The topological polar surface area (TPSA) is 150 Å². The van der Waals surface area contributed by atoms with E-state index in [0.717, 1.165) is 0 Å². The number of nitriles is 1. The van der Waals surface area contributed by atoms with Gasteiger partial charge in [-0.2, -0.15) is 5.26 Å². The Morgan fingerprint density at radius 2 is 2.17 bits per heavy atom. The number of aliphatic hydroxyl groups is 3. The number of ether oxygens (including phenoxy) is 1. The molecule has 0 spiro atoms. The van der Waals surface area contributed by atoms with Gasteiger partial charge in [-0.15, -0.1) is 0 Å². The van der Waals surface area contributed by atoms with Gasteiger partial charge < -0.3 is 30.4 Å². The number of aromatic nitrogens is 3. The van der Waals surface area contributed by atoms with Crippen LogP contribution in [0.15, 0.2) is 18.6 Å². The monoisotopic (exact) mass is 317 g/mol. The maximum atomic E-state index is 10.2. The van der Waals surface area contributed by atoms with Gasteiger partial charge >= 0.3 is 0 Å². The number of anilines is 1. The molecule has 23 heavy (non-hydrogen) atoms. The third-order valence-electron chi connectivity index (χ3n) is 3.80. The summed E-state index contributed by atoms with van der Waals surface area (Å²) < 4.78 is 7.02. The number of rotatable bonds is 3. The highest BCUT2D eigenvalue weighted by Gasteiger charge is 2.44. The molecule has 0 aliphatic carbocycles. The molecule has 2 aromatic rings. The normalized spacial score (nSPS) is 27.7. The third kappa shape index (κ3) is 2.43. The lowest BCUT2D eigenvalue weighted by Gasteiger charge is -2.17. The molecule has 120 valence electrons. The van der Waals surface area contributed by atoms with Crippen molar-refractivity contribution < 1.29 is 20.1 Å². The van der Waals surface area contributed by atoms with Crippen molar-refractivity contribution in [2.45, 2.75) is 24.5 Å². The van der Waals surface area contributed by atoms with E-state index in [2.05, 4.69) is 9.97 Å². The maximum absolute atomic E-state index is 10.2. The predicted octanol–water partition coefficient (Wildman–Crippen LogP) is -0.838. The first kappa shape index (κ1) is 15.4. The average Bonchev–Trinajstić information content (AvgIpc) is 3.05. The molecule has 1 aliphatic rings. The van der Waals surface area contributed by atoms with E-state index < -0.39 is 31.1 Å². The zero-order valence-corrected chi connectivity index (χ0v) is 11.9. The van der Waals surface area contributed by atoms with E-state index in [4.69, 9.17) is 15.7 Å². The maximum Gasteiger partial charge on any atom is 0.164 e. The number of hydrogen-bond donors (Lipinski definition) is 4. The van der Waals surface area contributed by atoms with Crippen LogP contribution in [-0.4, -0.2) is 54.8 Å². The first-order valence-corrected chi connectivity index (χ1v) is 6.88. The predicted molar refractivity (Wildman–Crippen MR) is 79.6 cm³/mol. The molecule has 0 saturated carbocycles. The molecule has 4 atom stereocenters. The summed E-state index contributed by atoms with van der Waals surface area (Å²) in [5.41, 5.74) is 6.86. The standard InChI is InChI=1S/C14H15N5O4/c15-3-1-2-7-4-19(13-9(7)12(16)17-6-18-13)14-11(22)10(21)8(5-20)23-14/h1-2,4,6,8,10-11,14,20-22H,5H2,(H2,16,17,18)/b2-1+/t8-,10-,11-,14?/m1/s1. The Kier molecular flexibility index (Phi) is 3.97. The third-order valence-corrected chi connectivity index (χ3v) is 3.80. The average molecular weight is 317 g/mol. The molecule has 0 aromatic carbocycles.